The van der Waals surface area contributed by atoms with Crippen molar-refractivity contribution in [2.75, 3.05) is 33.3 Å². The van der Waals surface area contributed by atoms with E-state index in [4.69, 9.17) is 9.72 Å². The highest BCUT2D eigenvalue weighted by Crippen LogP contribution is 2.31. The number of aromatic nitrogens is 2. The van der Waals surface area contributed by atoms with Crippen LogP contribution in [0.5, 0.6) is 5.75 Å². The molecule has 0 bridgehead atoms. The van der Waals surface area contributed by atoms with E-state index in [1.54, 1.807) is 43.5 Å². The highest BCUT2D eigenvalue weighted by molar-refractivity contribution is 5.94. The number of imidazole rings is 1. The molecule has 0 atom stereocenters. The van der Waals surface area contributed by atoms with E-state index in [0.717, 1.165) is 33.9 Å². The fourth-order valence-corrected chi connectivity index (χ4v) is 5.66. The van der Waals surface area contributed by atoms with Crippen LogP contribution in [0.3, 0.4) is 0 Å². The number of fused-ring (bicyclic) bond motifs is 1. The number of carbonyl (C=O) groups is 1. The van der Waals surface area contributed by atoms with E-state index in [-0.39, 0.29) is 11.6 Å². The third kappa shape index (κ3) is 5.72. The van der Waals surface area contributed by atoms with Gasteiger partial charge in [0.1, 0.15) is 11.4 Å². The zero-order valence-electron chi connectivity index (χ0n) is 24.5. The van der Waals surface area contributed by atoms with Crippen LogP contribution in [0.2, 0.25) is 0 Å². The second-order valence-corrected chi connectivity index (χ2v) is 11.0. The summed E-state index contributed by atoms with van der Waals surface area (Å²) in [5, 5.41) is 11.3. The summed E-state index contributed by atoms with van der Waals surface area (Å²) >= 11 is 0. The molecule has 5 aromatic rings. The lowest BCUT2D eigenvalue weighted by Crippen LogP contribution is -2.48. The van der Waals surface area contributed by atoms with Crippen LogP contribution in [0.15, 0.2) is 85.1 Å². The van der Waals surface area contributed by atoms with Crippen LogP contribution < -0.4 is 4.74 Å². The molecule has 1 saturated heterocycles. The minimum absolute atomic E-state index is 0.0156. The van der Waals surface area contributed by atoms with Crippen molar-refractivity contribution in [1.29, 1.82) is 0 Å². The number of ether oxygens (including phenoxy) is 1. The molecule has 0 aliphatic carbocycles. The van der Waals surface area contributed by atoms with Gasteiger partial charge in [-0.15, -0.1) is 0 Å². The van der Waals surface area contributed by atoms with E-state index in [2.05, 4.69) is 53.6 Å². The van der Waals surface area contributed by atoms with Crippen LogP contribution in [0, 0.1) is 24.0 Å². The number of aryl methyl sites for hydroxylation is 2. The number of nitro benzene ring substituents is 1. The zero-order valence-corrected chi connectivity index (χ0v) is 24.5. The molecule has 3 heterocycles. The molecular weight excluding hydrogens is 542 g/mol. The van der Waals surface area contributed by atoms with Gasteiger partial charge in [-0.25, -0.2) is 4.98 Å². The van der Waals surface area contributed by atoms with E-state index < -0.39 is 4.92 Å². The molecule has 2 aromatic heterocycles. The molecule has 0 unspecified atom stereocenters. The first kappa shape index (κ1) is 28.1. The lowest BCUT2D eigenvalue weighted by Gasteiger charge is -2.34. The molecule has 1 fully saturated rings. The lowest BCUT2D eigenvalue weighted by atomic mass is 10.00. The van der Waals surface area contributed by atoms with Crippen molar-refractivity contribution in [3.05, 3.63) is 118 Å². The average molecular weight is 576 g/mol. The summed E-state index contributed by atoms with van der Waals surface area (Å²) in [5.41, 5.74) is 8.79. The average Bonchev–Trinajstić information content (AvgIpc) is 3.39. The number of carbonyl (C=O) groups excluding carboxylic acids is 1. The molecule has 0 saturated carbocycles. The van der Waals surface area contributed by atoms with Crippen molar-refractivity contribution in [3.8, 4) is 28.1 Å². The van der Waals surface area contributed by atoms with Gasteiger partial charge < -0.3 is 14.0 Å². The normalized spacial score (nSPS) is 13.8. The first-order valence-electron chi connectivity index (χ1n) is 14.3. The molecule has 0 N–H and O–H groups in total. The van der Waals surface area contributed by atoms with Gasteiger partial charge in [0.15, 0.2) is 0 Å². The minimum Gasteiger partial charge on any atom is -0.497 e. The Bertz CT molecular complexity index is 1800. The van der Waals surface area contributed by atoms with Gasteiger partial charge in [0.2, 0.25) is 0 Å². The Morgan fingerprint density at radius 1 is 0.907 bits per heavy atom. The first-order chi connectivity index (χ1) is 20.8. The van der Waals surface area contributed by atoms with E-state index >= 15 is 0 Å². The van der Waals surface area contributed by atoms with Crippen molar-refractivity contribution in [3.63, 3.8) is 0 Å². The van der Waals surface area contributed by atoms with Crippen LogP contribution in [0.25, 0.3) is 28.0 Å². The Morgan fingerprint density at radius 2 is 1.60 bits per heavy atom. The summed E-state index contributed by atoms with van der Waals surface area (Å²) < 4.78 is 7.36. The number of pyridine rings is 1. The van der Waals surface area contributed by atoms with Crippen molar-refractivity contribution >= 4 is 17.2 Å². The number of nitro groups is 1. The molecule has 0 spiro atoms. The first-order valence-corrected chi connectivity index (χ1v) is 14.3. The molecule has 1 aliphatic heterocycles. The second-order valence-electron chi connectivity index (χ2n) is 11.0. The molecule has 3 aromatic carbocycles. The van der Waals surface area contributed by atoms with Gasteiger partial charge in [-0.3, -0.25) is 19.8 Å². The quantitative estimate of drug-likeness (QED) is 0.170. The molecule has 218 valence electrons. The Morgan fingerprint density at radius 3 is 2.28 bits per heavy atom. The van der Waals surface area contributed by atoms with Gasteiger partial charge in [0.25, 0.3) is 11.6 Å². The van der Waals surface area contributed by atoms with E-state index in [1.807, 2.05) is 11.0 Å². The van der Waals surface area contributed by atoms with Crippen LogP contribution in [0.1, 0.15) is 27.2 Å². The monoisotopic (exact) mass is 575 g/mol. The fraction of sp³-hybridized carbons (Fsp3) is 0.235. The standard InChI is InChI=1S/C34H33N5O4/c1-23-4-5-24(2)30(20-23)27-10-15-32-35-33(25-6-11-28(12-7-25)39(41)42)31(38(32)21-27)22-36-16-18-37(19-17-36)34(40)26-8-13-29(43-3)14-9-26/h4-15,20-21H,16-19,22H2,1-3H3. The third-order valence-corrected chi connectivity index (χ3v) is 8.14. The highest BCUT2D eigenvalue weighted by Gasteiger charge is 2.25. The predicted octanol–water partition coefficient (Wildman–Crippen LogP) is 6.16. The number of piperazine rings is 1. The molecular formula is C34H33N5O4. The molecule has 6 rings (SSSR count). The van der Waals surface area contributed by atoms with Crippen LogP contribution in [-0.2, 0) is 6.54 Å². The largest absolute Gasteiger partial charge is 0.497 e. The van der Waals surface area contributed by atoms with Crippen molar-refractivity contribution in [1.82, 2.24) is 19.2 Å². The fourth-order valence-electron chi connectivity index (χ4n) is 5.66. The molecule has 1 aliphatic rings. The van der Waals surface area contributed by atoms with Crippen LogP contribution >= 0.6 is 0 Å². The van der Waals surface area contributed by atoms with Gasteiger partial charge in [-0.05, 0) is 79.1 Å². The number of hydrogen-bond acceptors (Lipinski definition) is 6. The Labute approximate surface area is 250 Å². The van der Waals surface area contributed by atoms with Gasteiger partial charge in [-0.2, -0.15) is 0 Å². The third-order valence-electron chi connectivity index (χ3n) is 8.14. The van der Waals surface area contributed by atoms with Crippen LogP contribution in [-0.4, -0.2) is 63.3 Å². The summed E-state index contributed by atoms with van der Waals surface area (Å²) in [6.45, 7) is 7.48. The number of non-ortho nitro benzene ring substituents is 1. The Balaban J connectivity index is 1.31. The van der Waals surface area contributed by atoms with E-state index in [1.165, 1.54) is 28.8 Å². The summed E-state index contributed by atoms with van der Waals surface area (Å²) in [6, 6.07) is 24.4. The highest BCUT2D eigenvalue weighted by atomic mass is 16.6. The number of methoxy groups -OCH3 is 1. The maximum absolute atomic E-state index is 13.1. The number of nitrogens with zero attached hydrogens (tertiary/aromatic N) is 5. The number of rotatable bonds is 7. The maximum Gasteiger partial charge on any atom is 0.269 e. The zero-order chi connectivity index (χ0) is 30.1. The SMILES string of the molecule is COc1ccc(C(=O)N2CCN(Cc3c(-c4ccc([N+](=O)[O-])cc4)nc4ccc(-c5cc(C)ccc5C)cn34)CC2)cc1. The van der Waals surface area contributed by atoms with Crippen molar-refractivity contribution < 1.29 is 14.5 Å². The Kier molecular flexibility index (Phi) is 7.65. The predicted molar refractivity (Wildman–Crippen MR) is 166 cm³/mol. The summed E-state index contributed by atoms with van der Waals surface area (Å²) in [5.74, 6) is 0.737. The topological polar surface area (TPSA) is 93.2 Å². The minimum atomic E-state index is -0.391. The summed E-state index contributed by atoms with van der Waals surface area (Å²) in [6.07, 6.45) is 2.14. The van der Waals surface area contributed by atoms with E-state index in [9.17, 15) is 14.9 Å². The van der Waals surface area contributed by atoms with Gasteiger partial charge in [0, 0.05) is 62.2 Å². The maximum atomic E-state index is 13.1. The smallest absolute Gasteiger partial charge is 0.269 e. The summed E-state index contributed by atoms with van der Waals surface area (Å²) in [4.78, 5) is 33.2. The van der Waals surface area contributed by atoms with Crippen molar-refractivity contribution in [2.24, 2.45) is 0 Å². The molecule has 1 amide bonds. The van der Waals surface area contributed by atoms with E-state index in [0.29, 0.717) is 38.3 Å². The number of amides is 1. The molecule has 0 radical (unpaired) electrons. The van der Waals surface area contributed by atoms with Crippen molar-refractivity contribution in [2.45, 2.75) is 20.4 Å². The molecule has 43 heavy (non-hydrogen) atoms. The lowest BCUT2D eigenvalue weighted by molar-refractivity contribution is -0.384. The molecule has 9 heteroatoms. The van der Waals surface area contributed by atoms with Gasteiger partial charge in [0.05, 0.1) is 23.4 Å². The Hall–Kier alpha value is -5.02. The number of benzene rings is 3. The van der Waals surface area contributed by atoms with Crippen LogP contribution in [0.4, 0.5) is 5.69 Å². The van der Waals surface area contributed by atoms with Gasteiger partial charge in [-0.1, -0.05) is 23.8 Å². The van der Waals surface area contributed by atoms with Gasteiger partial charge >= 0.3 is 0 Å². The number of hydrogen-bond donors (Lipinski definition) is 0. The summed E-state index contributed by atoms with van der Waals surface area (Å²) in [7, 11) is 1.61. The molecule has 9 nitrogen and oxygen atoms in total. The second kappa shape index (κ2) is 11.7.